The van der Waals surface area contributed by atoms with Gasteiger partial charge in [0, 0.05) is 32.2 Å². The summed E-state index contributed by atoms with van der Waals surface area (Å²) < 4.78 is 14.5. The average molecular weight is 324 g/mol. The molecule has 3 aromatic rings. The largest absolute Gasteiger partial charge is 0.295 e. The van der Waals surface area contributed by atoms with Crippen LogP contribution < -0.4 is 5.56 Å². The van der Waals surface area contributed by atoms with E-state index in [1.54, 1.807) is 0 Å². The fraction of sp³-hybridized carbons (Fsp3) is 0.278. The van der Waals surface area contributed by atoms with Crippen LogP contribution in [0.15, 0.2) is 47.3 Å². The number of benzene rings is 2. The first-order chi connectivity index (χ1) is 11.7. The summed E-state index contributed by atoms with van der Waals surface area (Å²) in [6, 6.07) is 12.4. The number of nitrogens with zero attached hydrogens (tertiary/aromatic N) is 4. The second kappa shape index (κ2) is 6.13. The van der Waals surface area contributed by atoms with Crippen LogP contribution in [0.3, 0.4) is 0 Å². The van der Waals surface area contributed by atoms with Crippen molar-refractivity contribution in [3.05, 3.63) is 69.8 Å². The lowest BCUT2D eigenvalue weighted by Crippen LogP contribution is -2.27. The Morgan fingerprint density at radius 1 is 1.04 bits per heavy atom. The van der Waals surface area contributed by atoms with E-state index < -0.39 is 5.82 Å². The fourth-order valence-corrected chi connectivity index (χ4v) is 3.20. The highest BCUT2D eigenvalue weighted by Gasteiger charge is 2.17. The average Bonchev–Trinajstić information content (AvgIpc) is 2.99. The molecule has 1 aliphatic rings. The molecule has 4 rings (SSSR count). The molecule has 1 aromatic heterocycles. The number of aromatic nitrogens is 3. The van der Waals surface area contributed by atoms with Gasteiger partial charge in [-0.2, -0.15) is 0 Å². The number of fused-ring (bicyclic) bond motifs is 2. The van der Waals surface area contributed by atoms with E-state index in [-0.39, 0.29) is 5.56 Å². The predicted octanol–water partition coefficient (Wildman–Crippen LogP) is 2.34. The number of hydrogen-bond acceptors (Lipinski definition) is 4. The Kier molecular flexibility index (Phi) is 3.82. The summed E-state index contributed by atoms with van der Waals surface area (Å²) in [5.74, 6) is -0.414. The second-order valence-electron chi connectivity index (χ2n) is 6.11. The molecule has 0 bridgehead atoms. The van der Waals surface area contributed by atoms with E-state index in [1.807, 2.05) is 0 Å². The Morgan fingerprint density at radius 3 is 2.54 bits per heavy atom. The summed E-state index contributed by atoms with van der Waals surface area (Å²) in [5, 5.41) is 8.27. The molecule has 2 heterocycles. The number of halogens is 1. The van der Waals surface area contributed by atoms with Crippen molar-refractivity contribution in [1.29, 1.82) is 0 Å². The molecule has 0 amide bonds. The molecule has 0 spiro atoms. The van der Waals surface area contributed by atoms with E-state index in [0.29, 0.717) is 17.4 Å². The molecule has 0 N–H and O–H groups in total. The van der Waals surface area contributed by atoms with Crippen molar-refractivity contribution >= 4 is 10.9 Å². The fourth-order valence-electron chi connectivity index (χ4n) is 3.20. The van der Waals surface area contributed by atoms with Gasteiger partial charge in [-0.1, -0.05) is 29.5 Å². The van der Waals surface area contributed by atoms with E-state index in [1.165, 1.54) is 34.0 Å². The molecular weight excluding hydrogens is 307 g/mol. The predicted molar refractivity (Wildman–Crippen MR) is 88.9 cm³/mol. The summed E-state index contributed by atoms with van der Waals surface area (Å²) >= 11 is 0. The summed E-state index contributed by atoms with van der Waals surface area (Å²) in [5.41, 5.74) is 2.83. The molecule has 2 aromatic carbocycles. The molecule has 5 nitrogen and oxygen atoms in total. The standard InChI is InChI=1S/C18H17FN4O/c19-15-6-7-16-17(10-15)20-21-23(18(16)24)9-3-8-22-11-13-4-1-2-5-14(13)12-22/h1-2,4-7,10H,3,8-9,11-12H2. The van der Waals surface area contributed by atoms with Crippen molar-refractivity contribution in [3.8, 4) is 0 Å². The minimum absolute atomic E-state index is 0.218. The molecule has 0 unspecified atom stereocenters. The van der Waals surface area contributed by atoms with Crippen LogP contribution in [0.4, 0.5) is 4.39 Å². The Morgan fingerprint density at radius 2 is 1.79 bits per heavy atom. The van der Waals surface area contributed by atoms with E-state index in [9.17, 15) is 9.18 Å². The third-order valence-electron chi connectivity index (χ3n) is 4.44. The highest BCUT2D eigenvalue weighted by atomic mass is 19.1. The van der Waals surface area contributed by atoms with Gasteiger partial charge in [0.25, 0.3) is 5.56 Å². The molecular formula is C18H17FN4O. The first-order valence-electron chi connectivity index (χ1n) is 8.03. The van der Waals surface area contributed by atoms with E-state index >= 15 is 0 Å². The van der Waals surface area contributed by atoms with Crippen molar-refractivity contribution in [3.63, 3.8) is 0 Å². The maximum absolute atomic E-state index is 13.2. The summed E-state index contributed by atoms with van der Waals surface area (Å²) in [6.07, 6.45) is 0.815. The van der Waals surface area contributed by atoms with Crippen LogP contribution in [0.25, 0.3) is 10.9 Å². The van der Waals surface area contributed by atoms with Crippen molar-refractivity contribution < 1.29 is 4.39 Å². The normalized spacial score (nSPS) is 14.2. The zero-order valence-corrected chi connectivity index (χ0v) is 13.2. The molecule has 24 heavy (non-hydrogen) atoms. The quantitative estimate of drug-likeness (QED) is 0.739. The molecule has 1 aliphatic heterocycles. The molecule has 0 radical (unpaired) electrons. The molecule has 0 saturated heterocycles. The lowest BCUT2D eigenvalue weighted by Gasteiger charge is -2.14. The van der Waals surface area contributed by atoms with Gasteiger partial charge in [0.05, 0.1) is 5.39 Å². The lowest BCUT2D eigenvalue weighted by atomic mass is 10.1. The smallest absolute Gasteiger partial charge is 0.277 e. The van der Waals surface area contributed by atoms with Gasteiger partial charge in [0.15, 0.2) is 0 Å². The summed E-state index contributed by atoms with van der Waals surface area (Å²) in [4.78, 5) is 14.7. The van der Waals surface area contributed by atoms with E-state index in [0.717, 1.165) is 26.1 Å². The van der Waals surface area contributed by atoms with Crippen molar-refractivity contribution in [1.82, 2.24) is 19.9 Å². The third kappa shape index (κ3) is 2.80. The topological polar surface area (TPSA) is 51.0 Å². The zero-order valence-electron chi connectivity index (χ0n) is 13.2. The van der Waals surface area contributed by atoms with Crippen molar-refractivity contribution in [2.24, 2.45) is 0 Å². The minimum atomic E-state index is -0.414. The number of hydrogen-bond donors (Lipinski definition) is 0. The highest BCUT2D eigenvalue weighted by molar-refractivity contribution is 5.76. The van der Waals surface area contributed by atoms with Gasteiger partial charge < -0.3 is 0 Å². The molecule has 0 atom stereocenters. The minimum Gasteiger partial charge on any atom is -0.295 e. The van der Waals surface area contributed by atoms with Crippen molar-refractivity contribution in [2.75, 3.05) is 6.54 Å². The van der Waals surface area contributed by atoms with Crippen LogP contribution in [-0.2, 0) is 19.6 Å². The van der Waals surface area contributed by atoms with Gasteiger partial charge in [-0.05, 0) is 29.7 Å². The highest BCUT2D eigenvalue weighted by Crippen LogP contribution is 2.22. The van der Waals surface area contributed by atoms with E-state index in [2.05, 4.69) is 39.5 Å². The summed E-state index contributed by atoms with van der Waals surface area (Å²) in [7, 11) is 0. The Balaban J connectivity index is 1.42. The molecule has 122 valence electrons. The summed E-state index contributed by atoms with van der Waals surface area (Å²) in [6.45, 7) is 3.30. The van der Waals surface area contributed by atoms with Crippen LogP contribution in [-0.4, -0.2) is 26.4 Å². The lowest BCUT2D eigenvalue weighted by molar-refractivity contribution is 0.271. The number of rotatable bonds is 4. The van der Waals surface area contributed by atoms with Crippen LogP contribution in [0.2, 0.25) is 0 Å². The van der Waals surface area contributed by atoms with E-state index in [4.69, 9.17) is 0 Å². The van der Waals surface area contributed by atoms with Gasteiger partial charge in [0.1, 0.15) is 11.3 Å². The number of aryl methyl sites for hydroxylation is 1. The third-order valence-corrected chi connectivity index (χ3v) is 4.44. The maximum Gasteiger partial charge on any atom is 0.277 e. The van der Waals surface area contributed by atoms with Gasteiger partial charge in [-0.25, -0.2) is 9.07 Å². The van der Waals surface area contributed by atoms with Gasteiger partial charge >= 0.3 is 0 Å². The zero-order chi connectivity index (χ0) is 16.5. The first kappa shape index (κ1) is 15.0. The van der Waals surface area contributed by atoms with Crippen LogP contribution in [0, 0.1) is 5.82 Å². The molecule has 0 fully saturated rings. The maximum atomic E-state index is 13.2. The molecule has 0 aliphatic carbocycles. The molecule has 0 saturated carbocycles. The Bertz CT molecular complexity index is 928. The Labute approximate surface area is 138 Å². The molecule has 6 heteroatoms. The SMILES string of the molecule is O=c1c2ccc(F)cc2nnn1CCCN1Cc2ccccc2C1. The second-order valence-corrected chi connectivity index (χ2v) is 6.11. The van der Waals surface area contributed by atoms with Gasteiger partial charge in [0.2, 0.25) is 0 Å². The van der Waals surface area contributed by atoms with Crippen LogP contribution in [0.5, 0.6) is 0 Å². The van der Waals surface area contributed by atoms with Crippen molar-refractivity contribution in [2.45, 2.75) is 26.1 Å². The Hall–Kier alpha value is -2.60. The van der Waals surface area contributed by atoms with Gasteiger partial charge in [-0.15, -0.1) is 5.10 Å². The first-order valence-corrected chi connectivity index (χ1v) is 8.03. The van der Waals surface area contributed by atoms with Crippen LogP contribution in [0.1, 0.15) is 17.5 Å². The van der Waals surface area contributed by atoms with Gasteiger partial charge in [-0.3, -0.25) is 9.69 Å². The van der Waals surface area contributed by atoms with Crippen LogP contribution >= 0.6 is 0 Å². The monoisotopic (exact) mass is 324 g/mol.